The van der Waals surface area contributed by atoms with E-state index in [4.69, 9.17) is 0 Å². The number of benzene rings is 5. The summed E-state index contributed by atoms with van der Waals surface area (Å²) in [6, 6.07) is 29.3. The number of carboxylic acids is 4. The second kappa shape index (κ2) is 18.0. The molecular weight excluding hydrogens is 608 g/mol. The minimum atomic E-state index is -1.06. The molecule has 8 heteroatoms. The van der Waals surface area contributed by atoms with Crippen molar-refractivity contribution in [2.75, 3.05) is 0 Å². The van der Waals surface area contributed by atoms with Gasteiger partial charge in [0.25, 0.3) is 0 Å². The Kier molecular flexibility index (Phi) is 14.2. The van der Waals surface area contributed by atoms with E-state index < -0.39 is 23.9 Å². The molecule has 0 fully saturated rings. The van der Waals surface area contributed by atoms with Gasteiger partial charge in [-0.2, -0.15) is 0 Å². The zero-order chi connectivity index (χ0) is 36.0. The first-order valence-corrected chi connectivity index (χ1v) is 15.2. The molecule has 5 aromatic rings. The molecule has 48 heavy (non-hydrogen) atoms. The monoisotopic (exact) mass is 646 g/mol. The molecule has 0 amide bonds. The second-order valence-electron chi connectivity index (χ2n) is 9.47. The predicted molar refractivity (Wildman–Crippen MR) is 190 cm³/mol. The van der Waals surface area contributed by atoms with Crippen LogP contribution in [0.4, 0.5) is 0 Å². The van der Waals surface area contributed by atoms with Crippen LogP contribution in [0.1, 0.15) is 69.1 Å². The highest BCUT2D eigenvalue weighted by molar-refractivity contribution is 5.98. The van der Waals surface area contributed by atoms with Gasteiger partial charge in [0.15, 0.2) is 0 Å². The van der Waals surface area contributed by atoms with E-state index in [0.29, 0.717) is 22.3 Å². The van der Waals surface area contributed by atoms with Crippen LogP contribution in [0.5, 0.6) is 0 Å². The van der Waals surface area contributed by atoms with Crippen LogP contribution in [0.25, 0.3) is 44.5 Å². The van der Waals surface area contributed by atoms with E-state index in [0.717, 1.165) is 22.3 Å². The van der Waals surface area contributed by atoms with Gasteiger partial charge in [-0.05, 0) is 105 Å². The van der Waals surface area contributed by atoms with Crippen molar-refractivity contribution >= 4 is 23.9 Å². The van der Waals surface area contributed by atoms with Gasteiger partial charge in [-0.25, -0.2) is 19.2 Å². The van der Waals surface area contributed by atoms with Crippen molar-refractivity contribution in [2.45, 2.75) is 27.7 Å². The van der Waals surface area contributed by atoms with Gasteiger partial charge in [0.2, 0.25) is 0 Å². The number of aromatic carboxylic acids is 4. The van der Waals surface area contributed by atoms with Crippen molar-refractivity contribution in [3.05, 3.63) is 145 Å². The van der Waals surface area contributed by atoms with Gasteiger partial charge in [0.05, 0.1) is 22.3 Å². The smallest absolute Gasteiger partial charge is 0.335 e. The Morgan fingerprint density at radius 3 is 0.625 bits per heavy atom. The van der Waals surface area contributed by atoms with Crippen molar-refractivity contribution in [2.24, 2.45) is 0 Å². The normalized spacial score (nSPS) is 9.67. The van der Waals surface area contributed by atoms with Crippen molar-refractivity contribution in [3.8, 4) is 44.5 Å². The summed E-state index contributed by atoms with van der Waals surface area (Å²) in [5.41, 5.74) is 6.16. The molecule has 5 aromatic carbocycles. The molecule has 0 aliphatic heterocycles. The Morgan fingerprint density at radius 2 is 0.500 bits per heavy atom. The third kappa shape index (κ3) is 8.92. The highest BCUT2D eigenvalue weighted by Gasteiger charge is 2.18. The Labute approximate surface area is 279 Å². The summed E-state index contributed by atoms with van der Waals surface area (Å²) in [6.45, 7) is 14.0. The number of rotatable bonds is 8. The lowest BCUT2D eigenvalue weighted by Gasteiger charge is -2.19. The summed E-state index contributed by atoms with van der Waals surface area (Å²) in [5, 5.41) is 37.6. The van der Waals surface area contributed by atoms with Gasteiger partial charge in [-0.15, -0.1) is 13.2 Å². The number of carboxylic acid groups (broad SMARTS) is 4. The van der Waals surface area contributed by atoms with Crippen LogP contribution >= 0.6 is 0 Å². The maximum absolute atomic E-state index is 11.5. The summed E-state index contributed by atoms with van der Waals surface area (Å²) >= 11 is 0. The summed E-state index contributed by atoms with van der Waals surface area (Å²) < 4.78 is 0. The number of hydrogen-bond donors (Lipinski definition) is 4. The lowest BCUT2D eigenvalue weighted by atomic mass is 9.85. The quantitative estimate of drug-likeness (QED) is 0.122. The molecule has 0 saturated carbocycles. The van der Waals surface area contributed by atoms with Crippen LogP contribution in [0.3, 0.4) is 0 Å². The molecule has 0 radical (unpaired) electrons. The van der Waals surface area contributed by atoms with Crippen LogP contribution in [-0.4, -0.2) is 44.3 Å². The summed E-state index contributed by atoms with van der Waals surface area (Å²) in [5.74, 6) is -4.26. The Hall–Kier alpha value is -6.28. The van der Waals surface area contributed by atoms with Gasteiger partial charge in [-0.1, -0.05) is 76.2 Å². The van der Waals surface area contributed by atoms with E-state index in [2.05, 4.69) is 13.2 Å². The maximum atomic E-state index is 11.5. The molecule has 0 aliphatic rings. The van der Waals surface area contributed by atoms with Crippen LogP contribution in [0, 0.1) is 0 Å². The fraction of sp³-hybridized carbons (Fsp3) is 0.100. The minimum Gasteiger partial charge on any atom is -0.478 e. The highest BCUT2D eigenvalue weighted by Crippen LogP contribution is 2.42. The summed E-state index contributed by atoms with van der Waals surface area (Å²) in [7, 11) is 0. The fourth-order valence-electron chi connectivity index (χ4n) is 4.72. The molecule has 0 unspecified atom stereocenters. The molecule has 0 aliphatic carbocycles. The maximum Gasteiger partial charge on any atom is 0.335 e. The first kappa shape index (κ1) is 37.9. The van der Waals surface area contributed by atoms with Gasteiger partial charge in [0.1, 0.15) is 0 Å². The Morgan fingerprint density at radius 1 is 0.354 bits per heavy atom. The van der Waals surface area contributed by atoms with Gasteiger partial charge < -0.3 is 20.4 Å². The minimum absolute atomic E-state index is 0.116. The molecule has 0 bridgehead atoms. The lowest BCUT2D eigenvalue weighted by Crippen LogP contribution is -1.98. The molecule has 246 valence electrons. The SMILES string of the molecule is C=C.CC.CC.O=C(O)c1ccc(-c2cc(-c3ccc(C(=O)O)cc3)c(-c3ccc(C(=O)O)cc3)cc2-c2ccc(C(=O)O)cc2)cc1. The van der Waals surface area contributed by atoms with E-state index in [1.165, 1.54) is 48.5 Å². The average molecular weight is 647 g/mol. The van der Waals surface area contributed by atoms with Crippen molar-refractivity contribution in [1.29, 1.82) is 0 Å². The third-order valence-corrected chi connectivity index (χ3v) is 6.93. The van der Waals surface area contributed by atoms with E-state index in [1.54, 1.807) is 48.5 Å². The first-order valence-electron chi connectivity index (χ1n) is 15.2. The van der Waals surface area contributed by atoms with E-state index in [1.807, 2.05) is 39.8 Å². The molecule has 0 saturated heterocycles. The van der Waals surface area contributed by atoms with Crippen LogP contribution in [-0.2, 0) is 0 Å². The zero-order valence-electron chi connectivity index (χ0n) is 27.2. The molecule has 0 spiro atoms. The number of hydrogen-bond acceptors (Lipinski definition) is 4. The second-order valence-corrected chi connectivity index (χ2v) is 9.47. The first-order chi connectivity index (χ1) is 23.1. The summed E-state index contributed by atoms with van der Waals surface area (Å²) in [4.78, 5) is 45.9. The topological polar surface area (TPSA) is 149 Å². The van der Waals surface area contributed by atoms with Crippen molar-refractivity contribution in [1.82, 2.24) is 0 Å². The number of carbonyl (C=O) groups is 4. The summed E-state index contributed by atoms with van der Waals surface area (Å²) in [6.07, 6.45) is 0. The van der Waals surface area contributed by atoms with Gasteiger partial charge in [-0.3, -0.25) is 0 Å². The molecular formula is C40H38O8. The largest absolute Gasteiger partial charge is 0.478 e. The van der Waals surface area contributed by atoms with E-state index in [9.17, 15) is 39.6 Å². The van der Waals surface area contributed by atoms with E-state index in [-0.39, 0.29) is 22.3 Å². The van der Waals surface area contributed by atoms with Crippen LogP contribution in [0.15, 0.2) is 122 Å². The Bertz CT molecular complexity index is 1580. The van der Waals surface area contributed by atoms with E-state index >= 15 is 0 Å². The fourth-order valence-corrected chi connectivity index (χ4v) is 4.72. The Balaban J connectivity index is 0.00000126. The lowest BCUT2D eigenvalue weighted by molar-refractivity contribution is 0.0686. The molecule has 5 rings (SSSR count). The van der Waals surface area contributed by atoms with Crippen molar-refractivity contribution < 1.29 is 39.6 Å². The molecule has 8 nitrogen and oxygen atoms in total. The predicted octanol–water partition coefficient (Wildman–Crippen LogP) is 10.0. The zero-order valence-corrected chi connectivity index (χ0v) is 27.2. The molecule has 0 atom stereocenters. The third-order valence-electron chi connectivity index (χ3n) is 6.93. The molecule has 0 aromatic heterocycles. The molecule has 0 heterocycles. The van der Waals surface area contributed by atoms with Crippen molar-refractivity contribution in [3.63, 3.8) is 0 Å². The van der Waals surface area contributed by atoms with Gasteiger partial charge in [0, 0.05) is 0 Å². The van der Waals surface area contributed by atoms with Crippen LogP contribution < -0.4 is 0 Å². The van der Waals surface area contributed by atoms with Gasteiger partial charge >= 0.3 is 23.9 Å². The molecule has 4 N–H and O–H groups in total. The highest BCUT2D eigenvalue weighted by atomic mass is 16.4. The average Bonchev–Trinajstić information content (AvgIpc) is 3.13. The van der Waals surface area contributed by atoms with Crippen LogP contribution in [0.2, 0.25) is 0 Å². The standard InChI is InChI=1S/C34H22O8.2C2H6.C2H4/c35-31(36)23-9-1-19(2-10-23)27-17-29(21-5-13-25(14-6-21)33(39)40)30(22-7-15-26(16-8-22)34(41)42)18-28(27)20-3-11-24(12-4-20)32(37)38;3*1-2/h1-18H,(H,35,36)(H,37,38)(H,39,40)(H,41,42);2*1-2H3;1-2H2.